The Hall–Kier alpha value is -0.870. The predicted molar refractivity (Wildman–Crippen MR) is 73.4 cm³/mol. The van der Waals surface area contributed by atoms with Crippen LogP contribution in [0.15, 0.2) is 11.6 Å². The lowest BCUT2D eigenvalue weighted by atomic mass is 9.83. The van der Waals surface area contributed by atoms with Crippen LogP contribution in [0.3, 0.4) is 0 Å². The highest BCUT2D eigenvalue weighted by molar-refractivity contribution is 5.88. The van der Waals surface area contributed by atoms with Crippen molar-refractivity contribution >= 4 is 5.97 Å². The van der Waals surface area contributed by atoms with Gasteiger partial charge in [-0.2, -0.15) is 0 Å². The fourth-order valence-corrected chi connectivity index (χ4v) is 1.82. The Morgan fingerprint density at radius 3 is 2.33 bits per heavy atom. The summed E-state index contributed by atoms with van der Waals surface area (Å²) < 4.78 is 4.69. The molecule has 0 saturated carbocycles. The van der Waals surface area contributed by atoms with E-state index in [-0.39, 0.29) is 18.0 Å². The first-order chi connectivity index (χ1) is 8.59. The number of carbonyl (C=O) groups excluding carboxylic acids is 1. The molecule has 0 aromatic heterocycles. The van der Waals surface area contributed by atoms with Crippen molar-refractivity contribution in [2.45, 2.75) is 40.0 Å². The number of esters is 1. The van der Waals surface area contributed by atoms with Gasteiger partial charge in [-0.1, -0.05) is 26.8 Å². The summed E-state index contributed by atoms with van der Waals surface area (Å²) in [6.07, 6.45) is 4.41. The number of rotatable bonds is 9. The second-order valence-electron chi connectivity index (χ2n) is 4.57. The first-order valence-corrected chi connectivity index (χ1v) is 6.68. The summed E-state index contributed by atoms with van der Waals surface area (Å²) in [6, 6.07) is 0. The average molecular weight is 257 g/mol. The standard InChI is InChI=1S/C14H27NO3/c1-5-12(13(17)18-4)8-9-15-10-14(6-2,7-3)11-16/h8,15-16H,5-7,9-11H2,1-4H3. The average Bonchev–Trinajstić information content (AvgIpc) is 2.43. The van der Waals surface area contributed by atoms with E-state index in [0.29, 0.717) is 18.5 Å². The quantitative estimate of drug-likeness (QED) is 0.376. The highest BCUT2D eigenvalue weighted by Crippen LogP contribution is 2.24. The van der Waals surface area contributed by atoms with Crippen molar-refractivity contribution in [3.63, 3.8) is 0 Å². The van der Waals surface area contributed by atoms with Crippen LogP contribution in [0.5, 0.6) is 0 Å². The molecule has 0 aliphatic rings. The molecular formula is C14H27NO3. The molecule has 0 aliphatic carbocycles. The zero-order valence-corrected chi connectivity index (χ0v) is 12.1. The molecule has 2 N–H and O–H groups in total. The summed E-state index contributed by atoms with van der Waals surface area (Å²) in [4.78, 5) is 11.3. The molecule has 0 bridgehead atoms. The van der Waals surface area contributed by atoms with Gasteiger partial charge >= 0.3 is 5.97 Å². The molecule has 18 heavy (non-hydrogen) atoms. The molecule has 0 unspecified atom stereocenters. The Balaban J connectivity index is 4.25. The van der Waals surface area contributed by atoms with E-state index in [1.54, 1.807) is 0 Å². The number of ether oxygens (including phenoxy) is 1. The van der Waals surface area contributed by atoms with Gasteiger partial charge in [-0.15, -0.1) is 0 Å². The van der Waals surface area contributed by atoms with Crippen LogP contribution in [0, 0.1) is 5.41 Å². The number of nitrogens with one attached hydrogen (secondary N) is 1. The van der Waals surface area contributed by atoms with E-state index in [1.165, 1.54) is 7.11 Å². The number of carbonyl (C=O) groups is 1. The van der Waals surface area contributed by atoms with Crippen molar-refractivity contribution in [3.05, 3.63) is 11.6 Å². The van der Waals surface area contributed by atoms with Crippen molar-refractivity contribution in [1.29, 1.82) is 0 Å². The Bertz CT molecular complexity index is 262. The SMILES string of the molecule is CCC(=CCNCC(CC)(CC)CO)C(=O)OC. The highest BCUT2D eigenvalue weighted by atomic mass is 16.5. The summed E-state index contributed by atoms with van der Waals surface area (Å²) in [5, 5.41) is 12.7. The Morgan fingerprint density at radius 2 is 1.94 bits per heavy atom. The molecule has 0 spiro atoms. The third kappa shape index (κ3) is 5.19. The Morgan fingerprint density at radius 1 is 1.33 bits per heavy atom. The van der Waals surface area contributed by atoms with Crippen LogP contribution in [0.4, 0.5) is 0 Å². The second kappa shape index (κ2) is 9.11. The van der Waals surface area contributed by atoms with Gasteiger partial charge in [0.15, 0.2) is 0 Å². The molecule has 0 amide bonds. The van der Waals surface area contributed by atoms with Crippen LogP contribution >= 0.6 is 0 Å². The van der Waals surface area contributed by atoms with Crippen molar-refractivity contribution in [2.24, 2.45) is 5.41 Å². The third-order valence-electron chi connectivity index (χ3n) is 3.66. The molecule has 4 heteroatoms. The number of methoxy groups -OCH3 is 1. The normalized spacial score (nSPS) is 12.6. The number of aliphatic hydroxyl groups excluding tert-OH is 1. The van der Waals surface area contributed by atoms with Gasteiger partial charge in [0.05, 0.1) is 7.11 Å². The molecule has 0 radical (unpaired) electrons. The van der Waals surface area contributed by atoms with Crippen LogP contribution in [-0.2, 0) is 9.53 Å². The van der Waals surface area contributed by atoms with Gasteiger partial charge in [0.25, 0.3) is 0 Å². The fourth-order valence-electron chi connectivity index (χ4n) is 1.82. The van der Waals surface area contributed by atoms with Crippen molar-refractivity contribution in [1.82, 2.24) is 5.32 Å². The number of aliphatic hydroxyl groups is 1. The molecule has 0 aromatic carbocycles. The lowest BCUT2D eigenvalue weighted by molar-refractivity contribution is -0.136. The monoisotopic (exact) mass is 257 g/mol. The molecule has 0 aliphatic heterocycles. The first kappa shape index (κ1) is 17.1. The molecule has 0 aromatic rings. The molecule has 106 valence electrons. The maximum Gasteiger partial charge on any atom is 0.333 e. The topological polar surface area (TPSA) is 58.6 Å². The molecule has 0 saturated heterocycles. The van der Waals surface area contributed by atoms with Crippen molar-refractivity contribution < 1.29 is 14.6 Å². The van der Waals surface area contributed by atoms with E-state index >= 15 is 0 Å². The van der Waals surface area contributed by atoms with Gasteiger partial charge in [-0.25, -0.2) is 4.79 Å². The highest BCUT2D eigenvalue weighted by Gasteiger charge is 2.24. The number of hydrogen-bond acceptors (Lipinski definition) is 4. The molecule has 4 nitrogen and oxygen atoms in total. The minimum atomic E-state index is -0.265. The Kier molecular flexibility index (Phi) is 8.67. The van der Waals surface area contributed by atoms with Gasteiger partial charge in [-0.3, -0.25) is 0 Å². The van der Waals surface area contributed by atoms with E-state index in [1.807, 2.05) is 13.0 Å². The summed E-state index contributed by atoms with van der Waals surface area (Å²) in [5.41, 5.74) is 0.637. The maximum atomic E-state index is 11.3. The summed E-state index contributed by atoms with van der Waals surface area (Å²) in [7, 11) is 1.39. The molecule has 0 atom stereocenters. The van der Waals surface area contributed by atoms with Gasteiger partial charge in [0.2, 0.25) is 0 Å². The molecular weight excluding hydrogens is 230 g/mol. The third-order valence-corrected chi connectivity index (χ3v) is 3.66. The van der Waals surface area contributed by atoms with E-state index in [9.17, 15) is 9.90 Å². The van der Waals surface area contributed by atoms with E-state index in [4.69, 9.17) is 0 Å². The molecule has 0 fully saturated rings. The number of hydrogen-bond donors (Lipinski definition) is 2. The van der Waals surface area contributed by atoms with Crippen LogP contribution in [0.2, 0.25) is 0 Å². The van der Waals surface area contributed by atoms with Crippen LogP contribution in [0.1, 0.15) is 40.0 Å². The van der Waals surface area contributed by atoms with E-state index in [0.717, 1.165) is 19.4 Å². The van der Waals surface area contributed by atoms with Crippen molar-refractivity contribution in [2.75, 3.05) is 26.8 Å². The lowest BCUT2D eigenvalue weighted by Crippen LogP contribution is -2.36. The largest absolute Gasteiger partial charge is 0.466 e. The zero-order valence-electron chi connectivity index (χ0n) is 12.1. The zero-order chi connectivity index (χ0) is 14.0. The summed E-state index contributed by atoms with van der Waals surface area (Å²) in [6.45, 7) is 7.67. The van der Waals surface area contributed by atoms with Gasteiger partial charge < -0.3 is 15.2 Å². The van der Waals surface area contributed by atoms with E-state index in [2.05, 4.69) is 23.9 Å². The van der Waals surface area contributed by atoms with Crippen LogP contribution in [-0.4, -0.2) is 37.9 Å². The minimum Gasteiger partial charge on any atom is -0.466 e. The van der Waals surface area contributed by atoms with Gasteiger partial charge in [0.1, 0.15) is 0 Å². The van der Waals surface area contributed by atoms with E-state index < -0.39 is 0 Å². The molecule has 0 heterocycles. The van der Waals surface area contributed by atoms with Crippen molar-refractivity contribution in [3.8, 4) is 0 Å². The second-order valence-corrected chi connectivity index (χ2v) is 4.57. The smallest absolute Gasteiger partial charge is 0.333 e. The summed E-state index contributed by atoms with van der Waals surface area (Å²) >= 11 is 0. The minimum absolute atomic E-state index is 0.0501. The summed E-state index contributed by atoms with van der Waals surface area (Å²) in [5.74, 6) is -0.265. The maximum absolute atomic E-state index is 11.3. The van der Waals surface area contributed by atoms with Gasteiger partial charge in [-0.05, 0) is 19.3 Å². The van der Waals surface area contributed by atoms with Crippen LogP contribution in [0.25, 0.3) is 0 Å². The van der Waals surface area contributed by atoms with Gasteiger partial charge in [0, 0.05) is 30.7 Å². The fraction of sp³-hybridized carbons (Fsp3) is 0.786. The Labute approximate surface area is 110 Å². The first-order valence-electron chi connectivity index (χ1n) is 6.68. The molecule has 0 rings (SSSR count). The van der Waals surface area contributed by atoms with Crippen LogP contribution < -0.4 is 5.32 Å². The lowest BCUT2D eigenvalue weighted by Gasteiger charge is -2.29. The predicted octanol–water partition coefficient (Wildman–Crippen LogP) is 1.88.